The molecule has 1 aromatic rings. The Kier molecular flexibility index (Phi) is 6.58. The Balaban J connectivity index is 2.53. The van der Waals surface area contributed by atoms with E-state index in [9.17, 15) is 18.9 Å². The maximum Gasteiger partial charge on any atom is 0.341 e. The van der Waals surface area contributed by atoms with Crippen LogP contribution in [0.2, 0.25) is 0 Å². The molecule has 8 nitrogen and oxygen atoms in total. The number of carbonyl (C=O) groups is 3. The maximum absolute atomic E-state index is 11.5. The van der Waals surface area contributed by atoms with Gasteiger partial charge in [-0.2, -0.15) is 0 Å². The summed E-state index contributed by atoms with van der Waals surface area (Å²) in [5.74, 6) is -3.24. The summed E-state index contributed by atoms with van der Waals surface area (Å²) in [5.41, 5.74) is 0.755. The molecule has 0 aliphatic rings. The fourth-order valence-corrected chi connectivity index (χ4v) is 2.28. The lowest BCUT2D eigenvalue weighted by molar-refractivity contribution is -0.140. The summed E-state index contributed by atoms with van der Waals surface area (Å²) >= 11 is 0. The molecule has 0 aliphatic carbocycles. The highest BCUT2D eigenvalue weighted by molar-refractivity contribution is 7.38. The minimum Gasteiger partial charge on any atom is -0.480 e. The molecule has 0 heterocycles. The van der Waals surface area contributed by atoms with Crippen molar-refractivity contribution in [2.24, 2.45) is 0 Å². The first-order valence-corrected chi connectivity index (χ1v) is 7.26. The van der Waals surface area contributed by atoms with Crippen LogP contribution in [0.4, 0.5) is 0 Å². The summed E-state index contributed by atoms with van der Waals surface area (Å²) in [6, 6.07) is 5.80. The van der Waals surface area contributed by atoms with E-state index in [0.717, 1.165) is 0 Å². The van der Waals surface area contributed by atoms with Crippen molar-refractivity contribution in [1.29, 1.82) is 0 Å². The van der Waals surface area contributed by atoms with E-state index in [0.29, 0.717) is 5.56 Å². The van der Waals surface area contributed by atoms with Gasteiger partial charge in [-0.15, -0.1) is 0 Å². The molecule has 2 N–H and O–H groups in total. The summed E-state index contributed by atoms with van der Waals surface area (Å²) < 4.78 is 20.6. The number of hydrogen-bond donors (Lipinski definition) is 2. The second-order valence-electron chi connectivity index (χ2n) is 3.90. The van der Waals surface area contributed by atoms with Crippen LogP contribution >= 0.6 is 8.03 Å². The number of hydrogen-bond acceptors (Lipinski definition) is 6. The van der Waals surface area contributed by atoms with Crippen LogP contribution in [0.15, 0.2) is 24.3 Å². The van der Waals surface area contributed by atoms with Gasteiger partial charge in [-0.3, -0.25) is 4.57 Å². The van der Waals surface area contributed by atoms with Crippen molar-refractivity contribution in [2.45, 2.75) is 6.16 Å². The van der Waals surface area contributed by atoms with Gasteiger partial charge in [0.05, 0.1) is 5.56 Å². The van der Waals surface area contributed by atoms with Crippen molar-refractivity contribution in [3.63, 3.8) is 0 Å². The molecular formula is C12H13O8P. The number of aliphatic carboxylic acids is 2. The minimum absolute atomic E-state index is 0.0440. The second-order valence-corrected chi connectivity index (χ2v) is 5.28. The van der Waals surface area contributed by atoms with Gasteiger partial charge in [-0.1, -0.05) is 12.1 Å². The lowest BCUT2D eigenvalue weighted by atomic mass is 10.1. The van der Waals surface area contributed by atoms with E-state index in [-0.39, 0.29) is 11.7 Å². The third-order valence-corrected chi connectivity index (χ3v) is 3.38. The average Bonchev–Trinajstić information content (AvgIpc) is 2.43. The van der Waals surface area contributed by atoms with Crippen LogP contribution < -0.4 is 0 Å². The molecule has 0 aromatic heterocycles. The van der Waals surface area contributed by atoms with Crippen molar-refractivity contribution in [1.82, 2.24) is 0 Å². The number of ether oxygens (including phenoxy) is 1. The quantitative estimate of drug-likeness (QED) is 0.537. The molecule has 1 aromatic carbocycles. The lowest BCUT2D eigenvalue weighted by Crippen LogP contribution is -2.13. The largest absolute Gasteiger partial charge is 0.480 e. The van der Waals surface area contributed by atoms with E-state index >= 15 is 0 Å². The zero-order valence-electron chi connectivity index (χ0n) is 10.8. The van der Waals surface area contributed by atoms with Crippen molar-refractivity contribution < 1.29 is 38.4 Å². The molecule has 1 rings (SSSR count). The number of rotatable bonds is 8. The minimum atomic E-state index is -2.52. The highest BCUT2D eigenvalue weighted by Crippen LogP contribution is 2.27. The predicted octanol–water partition coefficient (Wildman–Crippen LogP) is 1.00. The van der Waals surface area contributed by atoms with Gasteiger partial charge in [0.25, 0.3) is 0 Å². The van der Waals surface area contributed by atoms with Gasteiger partial charge in [0.1, 0.15) is 0 Å². The van der Waals surface area contributed by atoms with Crippen LogP contribution in [-0.4, -0.2) is 41.3 Å². The molecule has 0 radical (unpaired) electrons. The Morgan fingerprint density at radius 1 is 1.00 bits per heavy atom. The van der Waals surface area contributed by atoms with Crippen molar-refractivity contribution in [3.05, 3.63) is 35.4 Å². The number of esters is 1. The Morgan fingerprint density at radius 3 is 2.10 bits per heavy atom. The summed E-state index contributed by atoms with van der Waals surface area (Å²) in [6.07, 6.45) is 0.0440. The number of benzene rings is 1. The van der Waals surface area contributed by atoms with Gasteiger partial charge in [0, 0.05) is 6.16 Å². The van der Waals surface area contributed by atoms with E-state index in [1.165, 1.54) is 24.3 Å². The first-order valence-electron chi connectivity index (χ1n) is 5.73. The first kappa shape index (κ1) is 16.9. The van der Waals surface area contributed by atoms with Crippen LogP contribution in [0, 0.1) is 0 Å². The van der Waals surface area contributed by atoms with Crippen molar-refractivity contribution in [2.75, 3.05) is 13.2 Å². The van der Waals surface area contributed by atoms with Crippen molar-refractivity contribution in [3.8, 4) is 0 Å². The molecule has 0 bridgehead atoms. The summed E-state index contributed by atoms with van der Waals surface area (Å²) in [4.78, 5) is 31.9. The van der Waals surface area contributed by atoms with Gasteiger partial charge < -0.3 is 19.5 Å². The van der Waals surface area contributed by atoms with Gasteiger partial charge in [0.2, 0.25) is 0 Å². The van der Waals surface area contributed by atoms with Crippen LogP contribution in [0.5, 0.6) is 0 Å². The zero-order valence-corrected chi connectivity index (χ0v) is 11.8. The monoisotopic (exact) mass is 316 g/mol. The van der Waals surface area contributed by atoms with Gasteiger partial charge in [0.15, 0.2) is 21.2 Å². The summed E-state index contributed by atoms with van der Waals surface area (Å²) in [6.45, 7) is -1.35. The second kappa shape index (κ2) is 8.18. The van der Waals surface area contributed by atoms with E-state index < -0.39 is 39.1 Å². The van der Waals surface area contributed by atoms with Gasteiger partial charge in [-0.05, 0) is 17.7 Å². The van der Waals surface area contributed by atoms with Crippen LogP contribution in [0.25, 0.3) is 0 Å². The summed E-state index contributed by atoms with van der Waals surface area (Å²) in [7, 11) is -2.52. The molecule has 0 spiro atoms. The highest BCUT2D eigenvalue weighted by Gasteiger charge is 2.10. The highest BCUT2D eigenvalue weighted by atomic mass is 31.1. The predicted molar refractivity (Wildman–Crippen MR) is 70.7 cm³/mol. The van der Waals surface area contributed by atoms with E-state index in [2.05, 4.69) is 9.26 Å². The zero-order chi connectivity index (χ0) is 15.8. The number of carbonyl (C=O) groups excluding carboxylic acids is 1. The SMILES string of the molecule is O=C(O)COC(=O)c1ccc(C[PH](=O)OCC(=O)O)cc1. The standard InChI is InChI=1S/C12H13O8P/c13-10(14)5-19-12(17)9-3-1-8(2-4-9)7-21(18)20-6-11(15)16/h1-4,21H,5-7H2,(H,13,14)(H,15,16). The molecule has 0 saturated heterocycles. The maximum atomic E-state index is 11.5. The first-order chi connectivity index (χ1) is 9.88. The molecule has 0 saturated carbocycles. The van der Waals surface area contributed by atoms with Crippen LogP contribution in [0.3, 0.4) is 0 Å². The molecule has 114 valence electrons. The van der Waals surface area contributed by atoms with Crippen LogP contribution in [0.1, 0.15) is 15.9 Å². The number of carboxylic acid groups (broad SMARTS) is 2. The van der Waals surface area contributed by atoms with E-state index in [4.69, 9.17) is 10.2 Å². The molecule has 0 amide bonds. The third kappa shape index (κ3) is 6.69. The Hall–Kier alpha value is -2.18. The molecule has 0 aliphatic heterocycles. The van der Waals surface area contributed by atoms with E-state index in [1.54, 1.807) is 0 Å². The normalized spacial score (nSPS) is 11.6. The topological polar surface area (TPSA) is 127 Å². The fraction of sp³-hybridized carbons (Fsp3) is 0.250. The van der Waals surface area contributed by atoms with Gasteiger partial charge >= 0.3 is 17.9 Å². The lowest BCUT2D eigenvalue weighted by Gasteiger charge is -2.04. The third-order valence-electron chi connectivity index (χ3n) is 2.22. The van der Waals surface area contributed by atoms with Gasteiger partial charge in [-0.25, -0.2) is 14.4 Å². The Labute approximate surface area is 120 Å². The van der Waals surface area contributed by atoms with Crippen molar-refractivity contribution >= 4 is 25.9 Å². The molecule has 9 heteroatoms. The Morgan fingerprint density at radius 2 is 1.57 bits per heavy atom. The number of carboxylic acids is 2. The summed E-state index contributed by atoms with van der Waals surface area (Å²) in [5, 5.41) is 16.8. The van der Waals surface area contributed by atoms with E-state index in [1.807, 2.05) is 0 Å². The molecule has 21 heavy (non-hydrogen) atoms. The molecule has 1 unspecified atom stereocenters. The fourth-order valence-electron chi connectivity index (χ4n) is 1.33. The molecule has 1 atom stereocenters. The van der Waals surface area contributed by atoms with Crippen LogP contribution in [-0.2, 0) is 29.6 Å². The average molecular weight is 316 g/mol. The molecular weight excluding hydrogens is 303 g/mol. The molecule has 0 fully saturated rings. The smallest absolute Gasteiger partial charge is 0.341 e. The Bertz CT molecular complexity index is 551.